The molecule has 0 spiro atoms. The zero-order valence-corrected chi connectivity index (χ0v) is 11.6. The molecule has 0 aliphatic rings. The van der Waals surface area contributed by atoms with Crippen LogP contribution in [0.1, 0.15) is 33.1 Å². The summed E-state index contributed by atoms with van der Waals surface area (Å²) in [6.07, 6.45) is 4.95. The van der Waals surface area contributed by atoms with Crippen LogP contribution >= 0.6 is 0 Å². The van der Waals surface area contributed by atoms with Gasteiger partial charge in [0.2, 0.25) is 10.4 Å². The molecule has 0 aliphatic heterocycles. The summed E-state index contributed by atoms with van der Waals surface area (Å²) in [5, 5.41) is 0. The number of hydrogen-bond donors (Lipinski definition) is 1. The van der Waals surface area contributed by atoms with Crippen LogP contribution in [0.4, 0.5) is 0 Å². The van der Waals surface area contributed by atoms with Gasteiger partial charge in [0.1, 0.15) is 0 Å². The molecule has 0 bridgehead atoms. The van der Waals surface area contributed by atoms with Gasteiger partial charge >= 0.3 is 0 Å². The van der Waals surface area contributed by atoms with Crippen LogP contribution in [0.5, 0.6) is 0 Å². The van der Waals surface area contributed by atoms with Crippen LogP contribution in [0.3, 0.4) is 0 Å². The highest BCUT2D eigenvalue weighted by atomic mass is 32.3. The zero-order valence-electron chi connectivity index (χ0n) is 10.8. The van der Waals surface area contributed by atoms with Gasteiger partial charge in [-0.25, -0.2) is 8.42 Å². The van der Waals surface area contributed by atoms with Crippen LogP contribution < -0.4 is 6.15 Å². The molecule has 0 amide bonds. The summed E-state index contributed by atoms with van der Waals surface area (Å²) in [5.74, 6) is -0.115. The highest BCUT2D eigenvalue weighted by Crippen LogP contribution is 2.32. The van der Waals surface area contributed by atoms with Gasteiger partial charge in [0.05, 0.1) is 5.60 Å². The topological polar surface area (TPSA) is 103 Å². The third-order valence-electron chi connectivity index (χ3n) is 2.76. The summed E-state index contributed by atoms with van der Waals surface area (Å²) in [5.41, 5.74) is -0.997. The zero-order chi connectivity index (χ0) is 12.8. The number of quaternary nitrogens is 1. The lowest BCUT2D eigenvalue weighted by atomic mass is 9.82. The van der Waals surface area contributed by atoms with E-state index >= 15 is 0 Å². The SMILES string of the molecule is C=CCC(CC=C)C(C)(CC)OS(=O)(=O)[O-].[NH4+]. The molecule has 0 aromatic rings. The number of rotatable bonds is 8. The normalized spacial score (nSPS) is 14.8. The minimum absolute atomic E-state index is 0. The highest BCUT2D eigenvalue weighted by Gasteiger charge is 2.34. The third kappa shape index (κ3) is 6.58. The smallest absolute Gasteiger partial charge is 0.218 e. The fraction of sp³-hybridized carbons (Fsp3) is 0.636. The molecule has 0 aromatic heterocycles. The van der Waals surface area contributed by atoms with Crippen molar-refractivity contribution in [1.29, 1.82) is 0 Å². The van der Waals surface area contributed by atoms with E-state index in [-0.39, 0.29) is 12.1 Å². The summed E-state index contributed by atoms with van der Waals surface area (Å²) in [4.78, 5) is 0. The van der Waals surface area contributed by atoms with Crippen LogP contribution in [0.25, 0.3) is 0 Å². The fourth-order valence-corrected chi connectivity index (χ4v) is 2.37. The van der Waals surface area contributed by atoms with Crippen molar-refractivity contribution in [2.45, 2.75) is 38.7 Å². The number of hydrogen-bond acceptors (Lipinski definition) is 4. The molecule has 1 atom stereocenters. The molecule has 0 rings (SSSR count). The average Bonchev–Trinajstić information content (AvgIpc) is 2.15. The van der Waals surface area contributed by atoms with Gasteiger partial charge in [-0.15, -0.1) is 13.2 Å². The molecule has 0 fully saturated rings. The average molecular weight is 265 g/mol. The largest absolute Gasteiger partial charge is 0.726 e. The van der Waals surface area contributed by atoms with Crippen molar-refractivity contribution < 1.29 is 17.2 Å². The van der Waals surface area contributed by atoms with Crippen molar-refractivity contribution in [1.82, 2.24) is 6.15 Å². The Labute approximate surface area is 104 Å². The molecule has 0 saturated carbocycles. The van der Waals surface area contributed by atoms with Crippen LogP contribution in [0.2, 0.25) is 0 Å². The maximum atomic E-state index is 10.7. The molecule has 0 heterocycles. The van der Waals surface area contributed by atoms with Crippen LogP contribution in [-0.2, 0) is 14.6 Å². The van der Waals surface area contributed by atoms with Gasteiger partial charge in [-0.1, -0.05) is 19.1 Å². The first-order chi connectivity index (χ1) is 7.29. The van der Waals surface area contributed by atoms with Gasteiger partial charge in [0, 0.05) is 0 Å². The molecule has 4 N–H and O–H groups in total. The first kappa shape index (κ1) is 18.7. The van der Waals surface area contributed by atoms with E-state index in [1.807, 2.05) is 0 Å². The van der Waals surface area contributed by atoms with Crippen molar-refractivity contribution in [3.8, 4) is 0 Å². The molecule has 5 nitrogen and oxygen atoms in total. The predicted octanol–water partition coefficient (Wildman–Crippen LogP) is 2.78. The summed E-state index contributed by atoms with van der Waals surface area (Å²) in [6.45, 7) is 10.6. The Balaban J connectivity index is 0. The second kappa shape index (κ2) is 7.60. The molecule has 102 valence electrons. The summed E-state index contributed by atoms with van der Waals surface area (Å²) >= 11 is 0. The monoisotopic (exact) mass is 265 g/mol. The molecular weight excluding hydrogens is 242 g/mol. The summed E-state index contributed by atoms with van der Waals surface area (Å²) in [6, 6.07) is 0. The standard InChI is InChI=1S/C11H20O4S.H3N/c1-5-8-10(9-6-2)11(4,7-3)15-16(12,13)14;/h5-6,10H,1-2,7-9H2,3-4H3,(H,12,13,14);1H3. The summed E-state index contributed by atoms with van der Waals surface area (Å²) < 4.78 is 36.7. The van der Waals surface area contributed by atoms with Gasteiger partial charge in [-0.05, 0) is 32.1 Å². The van der Waals surface area contributed by atoms with E-state index in [1.54, 1.807) is 26.0 Å². The molecule has 0 aliphatic carbocycles. The maximum Gasteiger partial charge on any atom is 0.218 e. The lowest BCUT2D eigenvalue weighted by Crippen LogP contribution is -2.39. The van der Waals surface area contributed by atoms with Gasteiger partial charge in [0.15, 0.2) is 0 Å². The predicted molar refractivity (Wildman–Crippen MR) is 68.6 cm³/mol. The van der Waals surface area contributed by atoms with Crippen molar-refractivity contribution >= 4 is 10.4 Å². The Morgan fingerprint density at radius 3 is 2.00 bits per heavy atom. The molecule has 0 aromatic carbocycles. The van der Waals surface area contributed by atoms with E-state index in [9.17, 15) is 13.0 Å². The van der Waals surface area contributed by atoms with E-state index in [1.165, 1.54) is 0 Å². The first-order valence-electron chi connectivity index (χ1n) is 5.17. The van der Waals surface area contributed by atoms with Gasteiger partial charge in [-0.2, -0.15) is 0 Å². The fourth-order valence-electron chi connectivity index (χ4n) is 1.65. The van der Waals surface area contributed by atoms with Crippen molar-refractivity contribution in [3.05, 3.63) is 25.3 Å². The van der Waals surface area contributed by atoms with E-state index in [0.29, 0.717) is 19.3 Å². The van der Waals surface area contributed by atoms with E-state index < -0.39 is 16.0 Å². The van der Waals surface area contributed by atoms with Gasteiger partial charge in [0.25, 0.3) is 0 Å². The molecule has 0 radical (unpaired) electrons. The Bertz CT molecular complexity index is 329. The lowest BCUT2D eigenvalue weighted by molar-refractivity contribution is 0.0181. The molecule has 0 saturated heterocycles. The highest BCUT2D eigenvalue weighted by molar-refractivity contribution is 7.80. The van der Waals surface area contributed by atoms with E-state index in [2.05, 4.69) is 17.3 Å². The molecule has 17 heavy (non-hydrogen) atoms. The molecular formula is C11H23NO4S. The van der Waals surface area contributed by atoms with Gasteiger partial charge < -0.3 is 10.7 Å². The number of allylic oxidation sites excluding steroid dienone is 2. The van der Waals surface area contributed by atoms with Crippen molar-refractivity contribution in [2.75, 3.05) is 0 Å². The first-order valence-corrected chi connectivity index (χ1v) is 6.50. The molecule has 6 heteroatoms. The van der Waals surface area contributed by atoms with Gasteiger partial charge in [-0.3, -0.25) is 4.18 Å². The second-order valence-corrected chi connectivity index (χ2v) is 4.89. The van der Waals surface area contributed by atoms with E-state index in [0.717, 1.165) is 0 Å². The Morgan fingerprint density at radius 2 is 1.76 bits per heavy atom. The minimum atomic E-state index is -4.69. The Kier molecular flexibility index (Phi) is 8.35. The molecule has 1 unspecified atom stereocenters. The van der Waals surface area contributed by atoms with Crippen LogP contribution in [0.15, 0.2) is 25.3 Å². The maximum absolute atomic E-state index is 10.7. The second-order valence-electron chi connectivity index (χ2n) is 3.90. The quantitative estimate of drug-likeness (QED) is 0.414. The van der Waals surface area contributed by atoms with E-state index in [4.69, 9.17) is 0 Å². The van der Waals surface area contributed by atoms with Crippen molar-refractivity contribution in [3.63, 3.8) is 0 Å². The Hall–Kier alpha value is -0.690. The van der Waals surface area contributed by atoms with Crippen LogP contribution in [0, 0.1) is 5.92 Å². The third-order valence-corrected chi connectivity index (χ3v) is 3.35. The van der Waals surface area contributed by atoms with Crippen molar-refractivity contribution in [2.24, 2.45) is 5.92 Å². The minimum Gasteiger partial charge on any atom is -0.726 e. The lowest BCUT2D eigenvalue weighted by Gasteiger charge is -2.36. The summed E-state index contributed by atoms with van der Waals surface area (Å²) in [7, 11) is -4.69. The Morgan fingerprint density at radius 1 is 1.35 bits per heavy atom. The van der Waals surface area contributed by atoms with Crippen LogP contribution in [-0.4, -0.2) is 18.6 Å².